The Labute approximate surface area is 233 Å². The van der Waals surface area contributed by atoms with Crippen LogP contribution in [0.3, 0.4) is 0 Å². The predicted octanol–water partition coefficient (Wildman–Crippen LogP) is 3.70. The predicted molar refractivity (Wildman–Crippen MR) is 156 cm³/mol. The van der Waals surface area contributed by atoms with Crippen LogP contribution in [-0.4, -0.2) is 78.4 Å². The Morgan fingerprint density at radius 3 is 2.45 bits per heavy atom. The van der Waals surface area contributed by atoms with Crippen LogP contribution < -0.4 is 16.0 Å². The molecule has 4 aromatic rings. The normalized spacial score (nSPS) is 16.4. The summed E-state index contributed by atoms with van der Waals surface area (Å²) in [6.07, 6.45) is 2.34. The van der Waals surface area contributed by atoms with Crippen LogP contribution in [0.1, 0.15) is 28.4 Å². The first-order valence-corrected chi connectivity index (χ1v) is 13.9. The molecule has 2 saturated heterocycles. The number of H-pyrrole nitrogens is 1. The van der Waals surface area contributed by atoms with E-state index >= 15 is 0 Å². The van der Waals surface area contributed by atoms with Gasteiger partial charge in [-0.3, -0.25) is 9.69 Å². The van der Waals surface area contributed by atoms with Gasteiger partial charge in [0.05, 0.1) is 37.7 Å². The molecule has 2 aliphatic rings. The fourth-order valence-electron chi connectivity index (χ4n) is 5.51. The van der Waals surface area contributed by atoms with Crippen molar-refractivity contribution in [1.29, 1.82) is 0 Å². The summed E-state index contributed by atoms with van der Waals surface area (Å²) in [5.41, 5.74) is 13.3. The molecule has 40 heavy (non-hydrogen) atoms. The number of benzene rings is 2. The highest BCUT2D eigenvalue weighted by molar-refractivity contribution is 6.06. The molecule has 10 heteroatoms. The molecule has 2 aliphatic heterocycles. The van der Waals surface area contributed by atoms with Crippen LogP contribution in [0.2, 0.25) is 0 Å². The van der Waals surface area contributed by atoms with Gasteiger partial charge in [-0.2, -0.15) is 0 Å². The summed E-state index contributed by atoms with van der Waals surface area (Å²) < 4.78 is 11.0. The standard InChI is InChI=1S/C30H35N7O3/c1-2-23-21(19-36-10-14-39-15-11-36)4-3-5-25(23)33-26-24(28(31)38)18-32-30-27(26)34-29(35-30)20-6-8-22(9-7-20)37-12-16-40-17-13-37/h3-9,18H,2,10-17,19H2,1H3,(H2,31,38)(H2,32,33,34,35). The van der Waals surface area contributed by atoms with Gasteiger partial charge in [0, 0.05) is 55.9 Å². The SMILES string of the molecule is CCc1c(CN2CCOCC2)cccc1Nc1c(C(N)=O)cnc2nc(-c3ccc(N4CCOCC4)cc3)[nH]c12. The minimum atomic E-state index is -0.551. The van der Waals surface area contributed by atoms with Crippen LogP contribution in [0.25, 0.3) is 22.6 Å². The van der Waals surface area contributed by atoms with Crippen LogP contribution in [0, 0.1) is 0 Å². The summed E-state index contributed by atoms with van der Waals surface area (Å²) in [7, 11) is 0. The lowest BCUT2D eigenvalue weighted by Crippen LogP contribution is -2.36. The molecule has 2 aromatic heterocycles. The minimum absolute atomic E-state index is 0.311. The molecule has 0 spiro atoms. The van der Waals surface area contributed by atoms with Gasteiger partial charge in [-0.15, -0.1) is 0 Å². The average Bonchev–Trinajstić information content (AvgIpc) is 3.43. The molecule has 2 aromatic carbocycles. The first-order chi connectivity index (χ1) is 19.6. The number of carbonyl (C=O) groups is 1. The first-order valence-electron chi connectivity index (χ1n) is 13.9. The van der Waals surface area contributed by atoms with Crippen molar-refractivity contribution in [2.45, 2.75) is 19.9 Å². The molecule has 4 heterocycles. The van der Waals surface area contributed by atoms with Gasteiger partial charge in [0.1, 0.15) is 11.3 Å². The summed E-state index contributed by atoms with van der Waals surface area (Å²) in [4.78, 5) is 29.8. The first kappa shape index (κ1) is 26.2. The van der Waals surface area contributed by atoms with Crippen LogP contribution in [-0.2, 0) is 22.4 Å². The lowest BCUT2D eigenvalue weighted by molar-refractivity contribution is 0.0341. The number of primary amides is 1. The lowest BCUT2D eigenvalue weighted by Gasteiger charge is -2.28. The Hall–Kier alpha value is -3.99. The zero-order chi connectivity index (χ0) is 27.5. The summed E-state index contributed by atoms with van der Waals surface area (Å²) in [6, 6.07) is 14.6. The van der Waals surface area contributed by atoms with E-state index in [-0.39, 0.29) is 0 Å². The van der Waals surface area contributed by atoms with E-state index in [1.807, 2.05) is 12.1 Å². The molecular weight excluding hydrogens is 506 g/mol. The number of pyridine rings is 1. The monoisotopic (exact) mass is 541 g/mol. The van der Waals surface area contributed by atoms with Gasteiger partial charge >= 0.3 is 0 Å². The van der Waals surface area contributed by atoms with E-state index in [1.54, 1.807) is 0 Å². The van der Waals surface area contributed by atoms with E-state index in [2.05, 4.69) is 62.3 Å². The molecule has 6 rings (SSSR count). The van der Waals surface area contributed by atoms with Crippen molar-refractivity contribution in [3.8, 4) is 11.4 Å². The summed E-state index contributed by atoms with van der Waals surface area (Å²) in [5, 5.41) is 3.54. The maximum atomic E-state index is 12.5. The van der Waals surface area contributed by atoms with Crippen molar-refractivity contribution in [3.63, 3.8) is 0 Å². The Bertz CT molecular complexity index is 1490. The van der Waals surface area contributed by atoms with Gasteiger partial charge in [0.25, 0.3) is 5.91 Å². The van der Waals surface area contributed by atoms with E-state index in [1.165, 1.54) is 17.3 Å². The zero-order valence-corrected chi connectivity index (χ0v) is 22.8. The summed E-state index contributed by atoms with van der Waals surface area (Å²) in [5.74, 6) is 0.128. The molecule has 2 fully saturated rings. The summed E-state index contributed by atoms with van der Waals surface area (Å²) in [6.45, 7) is 9.60. The van der Waals surface area contributed by atoms with Gasteiger partial charge in [0.15, 0.2) is 5.65 Å². The quantitative estimate of drug-likeness (QED) is 0.309. The number of ether oxygens (including phenoxy) is 2. The Morgan fingerprint density at radius 1 is 1.02 bits per heavy atom. The number of aromatic nitrogens is 3. The number of aromatic amines is 1. The van der Waals surface area contributed by atoms with Crippen LogP contribution >= 0.6 is 0 Å². The number of morpholine rings is 2. The number of anilines is 3. The minimum Gasteiger partial charge on any atom is -0.379 e. The number of carbonyl (C=O) groups excluding carboxylic acids is 1. The van der Waals surface area contributed by atoms with Crippen molar-refractivity contribution in [1.82, 2.24) is 19.9 Å². The molecule has 0 atom stereocenters. The molecule has 1 amide bonds. The van der Waals surface area contributed by atoms with E-state index < -0.39 is 5.91 Å². The highest BCUT2D eigenvalue weighted by Gasteiger charge is 2.20. The third-order valence-electron chi connectivity index (χ3n) is 7.69. The second kappa shape index (κ2) is 11.6. The molecule has 0 unspecified atom stereocenters. The smallest absolute Gasteiger partial charge is 0.252 e. The number of rotatable bonds is 8. The van der Waals surface area contributed by atoms with Crippen molar-refractivity contribution >= 4 is 34.1 Å². The van der Waals surface area contributed by atoms with E-state index in [0.717, 1.165) is 82.5 Å². The summed E-state index contributed by atoms with van der Waals surface area (Å²) >= 11 is 0. The number of nitrogens with two attached hydrogens (primary N) is 1. The molecule has 0 radical (unpaired) electrons. The second-order valence-electron chi connectivity index (χ2n) is 10.2. The third-order valence-corrected chi connectivity index (χ3v) is 7.69. The lowest BCUT2D eigenvalue weighted by atomic mass is 10.0. The number of nitrogens with zero attached hydrogens (tertiary/aromatic N) is 4. The molecule has 0 saturated carbocycles. The fourth-order valence-corrected chi connectivity index (χ4v) is 5.51. The molecule has 208 valence electrons. The highest BCUT2D eigenvalue weighted by atomic mass is 16.5. The van der Waals surface area contributed by atoms with Crippen LogP contribution in [0.5, 0.6) is 0 Å². The van der Waals surface area contributed by atoms with Crippen molar-refractivity contribution in [2.24, 2.45) is 5.73 Å². The van der Waals surface area contributed by atoms with Gasteiger partial charge in [-0.05, 0) is 47.9 Å². The van der Waals surface area contributed by atoms with Gasteiger partial charge in [-0.1, -0.05) is 19.1 Å². The number of amides is 1. The van der Waals surface area contributed by atoms with E-state index in [0.29, 0.717) is 28.2 Å². The molecule has 10 nitrogen and oxygen atoms in total. The average molecular weight is 542 g/mol. The van der Waals surface area contributed by atoms with Crippen LogP contribution in [0.15, 0.2) is 48.7 Å². The molecule has 0 aliphatic carbocycles. The zero-order valence-electron chi connectivity index (χ0n) is 22.8. The van der Waals surface area contributed by atoms with Crippen molar-refractivity contribution in [2.75, 3.05) is 62.8 Å². The maximum absolute atomic E-state index is 12.5. The third kappa shape index (κ3) is 5.38. The Kier molecular flexibility index (Phi) is 7.63. The largest absolute Gasteiger partial charge is 0.379 e. The van der Waals surface area contributed by atoms with E-state index in [4.69, 9.17) is 20.2 Å². The number of nitrogens with one attached hydrogen (secondary N) is 2. The van der Waals surface area contributed by atoms with Crippen molar-refractivity contribution < 1.29 is 14.3 Å². The van der Waals surface area contributed by atoms with Gasteiger partial charge < -0.3 is 30.4 Å². The van der Waals surface area contributed by atoms with E-state index in [9.17, 15) is 4.79 Å². The fraction of sp³-hybridized carbons (Fsp3) is 0.367. The van der Waals surface area contributed by atoms with Gasteiger partial charge in [-0.25, -0.2) is 9.97 Å². The highest BCUT2D eigenvalue weighted by Crippen LogP contribution is 2.33. The maximum Gasteiger partial charge on any atom is 0.252 e. The number of hydrogen-bond donors (Lipinski definition) is 3. The van der Waals surface area contributed by atoms with Crippen LogP contribution in [0.4, 0.5) is 17.1 Å². The molecule has 4 N–H and O–H groups in total. The van der Waals surface area contributed by atoms with Crippen molar-refractivity contribution in [3.05, 3.63) is 65.4 Å². The molecular formula is C30H35N7O3. The Balaban J connectivity index is 1.33. The Morgan fingerprint density at radius 2 is 1.75 bits per heavy atom. The number of fused-ring (bicyclic) bond motifs is 1. The molecule has 0 bridgehead atoms. The second-order valence-corrected chi connectivity index (χ2v) is 10.2. The van der Waals surface area contributed by atoms with Gasteiger partial charge in [0.2, 0.25) is 0 Å². The number of hydrogen-bond acceptors (Lipinski definition) is 8. The number of imidazole rings is 1. The topological polar surface area (TPSA) is 122 Å².